The van der Waals surface area contributed by atoms with Gasteiger partial charge in [-0.25, -0.2) is 0 Å². The number of nitrogens with one attached hydrogen (secondary N) is 2. The Morgan fingerprint density at radius 3 is 2.92 bits per heavy atom. The fourth-order valence-corrected chi connectivity index (χ4v) is 1.52. The Labute approximate surface area is 74.5 Å². The average molecular weight is 182 g/mol. The molecule has 70 valence electrons. The van der Waals surface area contributed by atoms with E-state index in [1.165, 1.54) is 6.20 Å². The molecule has 0 amide bonds. The molecule has 2 rings (SSSR count). The molecular weight excluding hydrogens is 172 g/mol. The minimum atomic E-state index is -0.407. The van der Waals surface area contributed by atoms with E-state index in [1.54, 1.807) is 7.05 Å². The van der Waals surface area contributed by atoms with Gasteiger partial charge in [0.15, 0.2) is 0 Å². The highest BCUT2D eigenvalue weighted by molar-refractivity contribution is 5.40. The molecule has 0 aliphatic heterocycles. The monoisotopic (exact) mass is 182 g/mol. The van der Waals surface area contributed by atoms with Crippen LogP contribution >= 0.6 is 0 Å². The SMILES string of the molecule is CNC1(c2[nH]ncc2[N+](=O)[O-])CC1. The highest BCUT2D eigenvalue weighted by Crippen LogP contribution is 2.47. The van der Waals surface area contributed by atoms with Crippen molar-refractivity contribution in [2.75, 3.05) is 7.05 Å². The van der Waals surface area contributed by atoms with E-state index in [0.29, 0.717) is 5.69 Å². The Morgan fingerprint density at radius 1 is 1.77 bits per heavy atom. The summed E-state index contributed by atoms with van der Waals surface area (Å²) in [6, 6.07) is 0. The van der Waals surface area contributed by atoms with Crippen LogP contribution in [0.4, 0.5) is 5.69 Å². The molecule has 0 radical (unpaired) electrons. The van der Waals surface area contributed by atoms with Gasteiger partial charge in [-0.1, -0.05) is 0 Å². The zero-order valence-corrected chi connectivity index (χ0v) is 7.20. The van der Waals surface area contributed by atoms with E-state index in [-0.39, 0.29) is 11.2 Å². The van der Waals surface area contributed by atoms with Crippen LogP contribution in [0.2, 0.25) is 0 Å². The summed E-state index contributed by atoms with van der Waals surface area (Å²) >= 11 is 0. The van der Waals surface area contributed by atoms with Crippen LogP contribution in [-0.2, 0) is 5.54 Å². The number of nitrogens with zero attached hydrogens (tertiary/aromatic N) is 2. The first-order valence-corrected chi connectivity index (χ1v) is 4.07. The number of nitro groups is 1. The zero-order chi connectivity index (χ0) is 9.47. The lowest BCUT2D eigenvalue weighted by Gasteiger charge is -2.09. The van der Waals surface area contributed by atoms with Crippen LogP contribution in [0.15, 0.2) is 6.20 Å². The van der Waals surface area contributed by atoms with Gasteiger partial charge in [0.1, 0.15) is 11.9 Å². The highest BCUT2D eigenvalue weighted by atomic mass is 16.6. The van der Waals surface area contributed by atoms with Crippen molar-refractivity contribution in [1.82, 2.24) is 15.5 Å². The molecule has 0 aromatic carbocycles. The number of rotatable bonds is 3. The van der Waals surface area contributed by atoms with Crippen molar-refractivity contribution >= 4 is 5.69 Å². The van der Waals surface area contributed by atoms with E-state index in [9.17, 15) is 10.1 Å². The van der Waals surface area contributed by atoms with Crippen LogP contribution < -0.4 is 5.32 Å². The van der Waals surface area contributed by atoms with Crippen LogP contribution in [0.5, 0.6) is 0 Å². The van der Waals surface area contributed by atoms with Crippen molar-refractivity contribution in [2.24, 2.45) is 0 Å². The predicted molar refractivity (Wildman–Crippen MR) is 45.2 cm³/mol. The molecule has 1 aromatic rings. The number of hydrogen-bond donors (Lipinski definition) is 2. The summed E-state index contributed by atoms with van der Waals surface area (Å²) in [5.74, 6) is 0. The molecule has 0 atom stereocenters. The van der Waals surface area contributed by atoms with Gasteiger partial charge in [-0.05, 0) is 19.9 Å². The Hall–Kier alpha value is -1.43. The third-order valence-electron chi connectivity index (χ3n) is 2.52. The molecule has 2 N–H and O–H groups in total. The van der Waals surface area contributed by atoms with Crippen molar-refractivity contribution in [2.45, 2.75) is 18.4 Å². The van der Waals surface area contributed by atoms with Gasteiger partial charge in [-0.3, -0.25) is 15.2 Å². The molecule has 1 saturated carbocycles. The number of hydrogen-bond acceptors (Lipinski definition) is 4. The third kappa shape index (κ3) is 1.10. The third-order valence-corrected chi connectivity index (χ3v) is 2.52. The highest BCUT2D eigenvalue weighted by Gasteiger charge is 2.48. The Morgan fingerprint density at radius 2 is 2.46 bits per heavy atom. The second kappa shape index (κ2) is 2.53. The summed E-state index contributed by atoms with van der Waals surface area (Å²) in [5.41, 5.74) is 0.450. The van der Waals surface area contributed by atoms with Crippen molar-refractivity contribution in [3.05, 3.63) is 22.0 Å². The largest absolute Gasteiger partial charge is 0.311 e. The van der Waals surface area contributed by atoms with Gasteiger partial charge in [0, 0.05) is 0 Å². The van der Waals surface area contributed by atoms with Crippen LogP contribution in [0.1, 0.15) is 18.5 Å². The van der Waals surface area contributed by atoms with E-state index < -0.39 is 4.92 Å². The van der Waals surface area contributed by atoms with E-state index >= 15 is 0 Å². The van der Waals surface area contributed by atoms with Gasteiger partial charge in [0.25, 0.3) is 0 Å². The smallest absolute Gasteiger partial charge is 0.309 e. The summed E-state index contributed by atoms with van der Waals surface area (Å²) < 4.78 is 0. The molecule has 6 heteroatoms. The molecule has 1 aliphatic rings. The normalized spacial score (nSPS) is 18.5. The summed E-state index contributed by atoms with van der Waals surface area (Å²) in [7, 11) is 1.80. The second-order valence-corrected chi connectivity index (χ2v) is 3.22. The van der Waals surface area contributed by atoms with Crippen LogP contribution in [0.3, 0.4) is 0 Å². The summed E-state index contributed by atoms with van der Waals surface area (Å²) in [6.45, 7) is 0. The maximum atomic E-state index is 10.6. The first kappa shape index (κ1) is 8.18. The van der Waals surface area contributed by atoms with Crippen molar-refractivity contribution in [3.8, 4) is 0 Å². The quantitative estimate of drug-likeness (QED) is 0.527. The molecule has 1 fully saturated rings. The molecule has 0 spiro atoms. The maximum Gasteiger partial charge on any atom is 0.311 e. The zero-order valence-electron chi connectivity index (χ0n) is 7.20. The lowest BCUT2D eigenvalue weighted by Crippen LogP contribution is -2.25. The van der Waals surface area contributed by atoms with Crippen molar-refractivity contribution < 1.29 is 4.92 Å². The summed E-state index contributed by atoms with van der Waals surface area (Å²) in [4.78, 5) is 10.2. The van der Waals surface area contributed by atoms with Crippen molar-refractivity contribution in [1.29, 1.82) is 0 Å². The molecule has 0 unspecified atom stereocenters. The van der Waals surface area contributed by atoms with Gasteiger partial charge in [0.05, 0.1) is 10.5 Å². The van der Waals surface area contributed by atoms with E-state index in [2.05, 4.69) is 15.5 Å². The number of aromatic amines is 1. The Kier molecular flexibility index (Phi) is 1.59. The lowest BCUT2D eigenvalue weighted by atomic mass is 10.1. The number of aromatic nitrogens is 2. The summed E-state index contributed by atoms with van der Waals surface area (Å²) in [5, 5.41) is 20.0. The van der Waals surface area contributed by atoms with Gasteiger partial charge in [-0.15, -0.1) is 0 Å². The second-order valence-electron chi connectivity index (χ2n) is 3.22. The minimum absolute atomic E-state index is 0.0758. The van der Waals surface area contributed by atoms with Gasteiger partial charge < -0.3 is 5.32 Å². The van der Waals surface area contributed by atoms with E-state index in [0.717, 1.165) is 12.8 Å². The van der Waals surface area contributed by atoms with Gasteiger partial charge >= 0.3 is 5.69 Å². The molecule has 0 bridgehead atoms. The maximum absolute atomic E-state index is 10.6. The average Bonchev–Trinajstić information content (AvgIpc) is 2.74. The van der Waals surface area contributed by atoms with Crippen LogP contribution in [0, 0.1) is 10.1 Å². The predicted octanol–water partition coefficient (Wildman–Crippen LogP) is 0.526. The van der Waals surface area contributed by atoms with Crippen molar-refractivity contribution in [3.63, 3.8) is 0 Å². The molecular formula is C7H10N4O2. The molecule has 1 aliphatic carbocycles. The van der Waals surface area contributed by atoms with E-state index in [4.69, 9.17) is 0 Å². The first-order chi connectivity index (χ1) is 6.19. The first-order valence-electron chi connectivity index (χ1n) is 4.07. The number of H-pyrrole nitrogens is 1. The van der Waals surface area contributed by atoms with E-state index in [1.807, 2.05) is 0 Å². The van der Waals surface area contributed by atoms with Crippen LogP contribution in [0.25, 0.3) is 0 Å². The minimum Gasteiger partial charge on any atom is -0.309 e. The molecule has 0 saturated heterocycles. The standard InChI is InChI=1S/C7H10N4O2/c1-8-7(2-3-7)6-5(11(12)13)4-9-10-6/h4,8H,2-3H2,1H3,(H,9,10). The molecule has 1 aromatic heterocycles. The molecule has 6 nitrogen and oxygen atoms in total. The Balaban J connectivity index is 2.40. The fraction of sp³-hybridized carbons (Fsp3) is 0.571. The van der Waals surface area contributed by atoms with Gasteiger partial charge in [-0.2, -0.15) is 5.10 Å². The van der Waals surface area contributed by atoms with Gasteiger partial charge in [0.2, 0.25) is 0 Å². The fourth-order valence-electron chi connectivity index (χ4n) is 1.52. The molecule has 1 heterocycles. The summed E-state index contributed by atoms with van der Waals surface area (Å²) in [6.07, 6.45) is 3.10. The molecule has 13 heavy (non-hydrogen) atoms. The topological polar surface area (TPSA) is 83.8 Å². The van der Waals surface area contributed by atoms with Crippen LogP contribution in [-0.4, -0.2) is 22.2 Å². The Bertz CT molecular complexity index is 342. The lowest BCUT2D eigenvalue weighted by molar-refractivity contribution is -0.385.